The van der Waals surface area contributed by atoms with Crippen molar-refractivity contribution in [3.63, 3.8) is 0 Å². The molecule has 2 heterocycles. The van der Waals surface area contributed by atoms with Crippen molar-refractivity contribution in [2.24, 2.45) is 21.2 Å². The van der Waals surface area contributed by atoms with Crippen LogP contribution >= 0.6 is 0 Å². The van der Waals surface area contributed by atoms with Crippen LogP contribution in [0, 0.1) is 11.7 Å². The summed E-state index contributed by atoms with van der Waals surface area (Å²) < 4.78 is 13.0. The molecule has 0 aliphatic carbocycles. The van der Waals surface area contributed by atoms with Crippen molar-refractivity contribution >= 4 is 29.4 Å². The average Bonchev–Trinajstić information content (AvgIpc) is 2.73. The SMILES string of the molecule is CC1CC(N/N=C/c2ccc(F)cc2)=NN=C1c1ccc2c(c1)C(C)(C)CC(=O)N2C. The molecule has 160 valence electrons. The van der Waals surface area contributed by atoms with Gasteiger partial charge in [0.15, 0.2) is 0 Å². The number of amidine groups is 1. The number of nitrogens with zero attached hydrogens (tertiary/aromatic N) is 4. The zero-order chi connectivity index (χ0) is 22.2. The van der Waals surface area contributed by atoms with Crippen LogP contribution in [0.25, 0.3) is 0 Å². The summed E-state index contributed by atoms with van der Waals surface area (Å²) in [5.41, 5.74) is 7.56. The highest BCUT2D eigenvalue weighted by Gasteiger charge is 2.35. The first-order valence-corrected chi connectivity index (χ1v) is 10.3. The van der Waals surface area contributed by atoms with Crippen molar-refractivity contribution in [3.8, 4) is 0 Å². The lowest BCUT2D eigenvalue weighted by Gasteiger charge is -2.37. The van der Waals surface area contributed by atoms with Gasteiger partial charge in [0, 0.05) is 36.9 Å². The van der Waals surface area contributed by atoms with Gasteiger partial charge < -0.3 is 4.90 Å². The molecule has 2 aromatic rings. The summed E-state index contributed by atoms with van der Waals surface area (Å²) in [6, 6.07) is 12.3. The van der Waals surface area contributed by atoms with Gasteiger partial charge in [-0.3, -0.25) is 10.2 Å². The Labute approximate surface area is 181 Å². The number of hydrazone groups is 1. The molecule has 2 aliphatic heterocycles. The first-order valence-electron chi connectivity index (χ1n) is 10.3. The zero-order valence-corrected chi connectivity index (χ0v) is 18.2. The molecule has 1 unspecified atom stereocenters. The molecule has 1 N–H and O–H groups in total. The summed E-state index contributed by atoms with van der Waals surface area (Å²) in [6.45, 7) is 6.32. The standard InChI is InChI=1S/C24H26FN5O/c1-15-11-21(27-26-14-16-5-8-18(25)9-6-16)28-29-23(15)17-7-10-20-19(12-17)24(2,3)13-22(31)30(20)4/h5-10,12,14-15H,11,13H2,1-4H3,(H,27,28)/b26-14+. The molecule has 0 saturated carbocycles. The molecule has 0 radical (unpaired) electrons. The van der Waals surface area contributed by atoms with Gasteiger partial charge in [0.25, 0.3) is 0 Å². The van der Waals surface area contributed by atoms with Crippen molar-refractivity contribution in [1.29, 1.82) is 0 Å². The van der Waals surface area contributed by atoms with E-state index in [1.165, 1.54) is 12.1 Å². The minimum absolute atomic E-state index is 0.134. The Morgan fingerprint density at radius 3 is 2.65 bits per heavy atom. The van der Waals surface area contributed by atoms with E-state index >= 15 is 0 Å². The van der Waals surface area contributed by atoms with E-state index in [9.17, 15) is 9.18 Å². The van der Waals surface area contributed by atoms with E-state index < -0.39 is 0 Å². The molecule has 0 fully saturated rings. The van der Waals surface area contributed by atoms with E-state index in [4.69, 9.17) is 0 Å². The largest absolute Gasteiger partial charge is 0.315 e. The maximum atomic E-state index is 13.0. The summed E-state index contributed by atoms with van der Waals surface area (Å²) >= 11 is 0. The Bertz CT molecular complexity index is 1100. The van der Waals surface area contributed by atoms with E-state index in [1.54, 1.807) is 23.2 Å². The Kier molecular flexibility index (Phi) is 5.43. The third-order valence-corrected chi connectivity index (χ3v) is 5.87. The maximum Gasteiger partial charge on any atom is 0.227 e. The number of anilines is 1. The monoisotopic (exact) mass is 419 g/mol. The van der Waals surface area contributed by atoms with E-state index in [0.717, 1.165) is 28.1 Å². The predicted molar refractivity (Wildman–Crippen MR) is 122 cm³/mol. The summed E-state index contributed by atoms with van der Waals surface area (Å²) in [5.74, 6) is 0.694. The predicted octanol–water partition coefficient (Wildman–Crippen LogP) is 4.24. The molecule has 7 heteroatoms. The molecule has 2 aromatic carbocycles. The number of carbonyl (C=O) groups excluding carboxylic acids is 1. The number of hydrogen-bond donors (Lipinski definition) is 1. The van der Waals surface area contributed by atoms with Crippen LogP contribution < -0.4 is 10.3 Å². The second-order valence-electron chi connectivity index (χ2n) is 8.80. The third kappa shape index (κ3) is 4.26. The van der Waals surface area contributed by atoms with Gasteiger partial charge in [0.05, 0.1) is 11.9 Å². The van der Waals surface area contributed by atoms with Gasteiger partial charge in [-0.1, -0.05) is 39.0 Å². The molecular formula is C24H26FN5O. The van der Waals surface area contributed by atoms with Gasteiger partial charge in [-0.15, -0.1) is 5.10 Å². The number of benzene rings is 2. The minimum Gasteiger partial charge on any atom is -0.315 e. The molecule has 6 nitrogen and oxygen atoms in total. The Hall–Kier alpha value is -3.35. The van der Waals surface area contributed by atoms with E-state index in [-0.39, 0.29) is 23.1 Å². The third-order valence-electron chi connectivity index (χ3n) is 5.87. The van der Waals surface area contributed by atoms with Gasteiger partial charge in [0.2, 0.25) is 5.91 Å². The highest BCUT2D eigenvalue weighted by Crippen LogP contribution is 2.40. The van der Waals surface area contributed by atoms with Crippen LogP contribution in [0.3, 0.4) is 0 Å². The number of carbonyl (C=O) groups is 1. The van der Waals surface area contributed by atoms with Crippen LogP contribution in [-0.2, 0) is 10.2 Å². The normalized spacial score (nSPS) is 20.4. The Morgan fingerprint density at radius 1 is 1.19 bits per heavy atom. The fourth-order valence-corrected chi connectivity index (χ4v) is 4.04. The summed E-state index contributed by atoms with van der Waals surface area (Å²) in [5, 5.41) is 13.0. The lowest BCUT2D eigenvalue weighted by Crippen LogP contribution is -2.39. The molecule has 31 heavy (non-hydrogen) atoms. The van der Waals surface area contributed by atoms with E-state index in [0.29, 0.717) is 18.7 Å². The lowest BCUT2D eigenvalue weighted by molar-refractivity contribution is -0.119. The van der Waals surface area contributed by atoms with Crippen LogP contribution in [0.15, 0.2) is 57.8 Å². The smallest absolute Gasteiger partial charge is 0.227 e. The number of amides is 1. The van der Waals surface area contributed by atoms with Crippen LogP contribution in [0.4, 0.5) is 10.1 Å². The topological polar surface area (TPSA) is 69.4 Å². The fraction of sp³-hybridized carbons (Fsp3) is 0.333. The summed E-state index contributed by atoms with van der Waals surface area (Å²) in [6.07, 6.45) is 2.79. The van der Waals surface area contributed by atoms with Crippen LogP contribution in [0.2, 0.25) is 0 Å². The molecule has 1 atom stereocenters. The quantitative estimate of drug-likeness (QED) is 0.597. The molecule has 0 spiro atoms. The molecule has 0 aromatic heterocycles. The first kappa shape index (κ1) is 20.9. The van der Waals surface area contributed by atoms with E-state index in [2.05, 4.69) is 47.6 Å². The van der Waals surface area contributed by atoms with Gasteiger partial charge >= 0.3 is 0 Å². The number of fused-ring (bicyclic) bond motifs is 1. The molecule has 1 amide bonds. The maximum absolute atomic E-state index is 13.0. The number of hydrogen-bond acceptors (Lipinski definition) is 5. The Balaban J connectivity index is 1.54. The van der Waals surface area contributed by atoms with Crippen molar-refractivity contribution in [1.82, 2.24) is 5.43 Å². The molecule has 2 aliphatic rings. The number of rotatable bonds is 3. The highest BCUT2D eigenvalue weighted by atomic mass is 19.1. The molecule has 0 saturated heterocycles. The minimum atomic E-state index is -0.277. The first-order chi connectivity index (χ1) is 14.7. The summed E-state index contributed by atoms with van der Waals surface area (Å²) in [4.78, 5) is 14.0. The van der Waals surface area contributed by atoms with Gasteiger partial charge in [-0.25, -0.2) is 4.39 Å². The molecule has 4 rings (SSSR count). The van der Waals surface area contributed by atoms with Gasteiger partial charge in [0.1, 0.15) is 11.7 Å². The van der Waals surface area contributed by atoms with Gasteiger partial charge in [-0.2, -0.15) is 10.2 Å². The highest BCUT2D eigenvalue weighted by molar-refractivity contribution is 6.07. The van der Waals surface area contributed by atoms with E-state index in [1.807, 2.05) is 19.2 Å². The van der Waals surface area contributed by atoms with Crippen LogP contribution in [-0.4, -0.2) is 30.7 Å². The van der Waals surface area contributed by atoms with Crippen molar-refractivity contribution in [3.05, 3.63) is 65.0 Å². The molecule has 0 bridgehead atoms. The lowest BCUT2D eigenvalue weighted by atomic mass is 9.76. The number of nitrogens with one attached hydrogen (secondary N) is 1. The van der Waals surface area contributed by atoms with Crippen LogP contribution in [0.1, 0.15) is 50.3 Å². The summed E-state index contributed by atoms with van der Waals surface area (Å²) in [7, 11) is 1.82. The Morgan fingerprint density at radius 2 is 1.94 bits per heavy atom. The van der Waals surface area contributed by atoms with Crippen LogP contribution in [0.5, 0.6) is 0 Å². The van der Waals surface area contributed by atoms with Crippen molar-refractivity contribution < 1.29 is 9.18 Å². The fourth-order valence-electron chi connectivity index (χ4n) is 4.04. The van der Waals surface area contributed by atoms with Gasteiger partial charge in [-0.05, 0) is 41.0 Å². The zero-order valence-electron chi connectivity index (χ0n) is 18.2. The second kappa shape index (κ2) is 8.06. The average molecular weight is 420 g/mol. The second-order valence-corrected chi connectivity index (χ2v) is 8.80. The van der Waals surface area contributed by atoms with Crippen molar-refractivity contribution in [2.45, 2.75) is 39.0 Å². The van der Waals surface area contributed by atoms with Crippen molar-refractivity contribution in [2.75, 3.05) is 11.9 Å². The molecular weight excluding hydrogens is 393 g/mol. The number of halogens is 1.